The van der Waals surface area contributed by atoms with Crippen molar-refractivity contribution in [3.8, 4) is 0 Å². The van der Waals surface area contributed by atoms with Crippen LogP contribution in [0.1, 0.15) is 71.6 Å². The summed E-state index contributed by atoms with van der Waals surface area (Å²) in [4.78, 5) is 12.8. The van der Waals surface area contributed by atoms with Crippen LogP contribution in [0.5, 0.6) is 0 Å². The molecular formula is C22H35N3O5S2. The molecule has 2 aliphatic rings. The molecule has 32 heavy (non-hydrogen) atoms. The molecule has 0 aliphatic heterocycles. The Morgan fingerprint density at radius 3 is 1.94 bits per heavy atom. The third-order valence-corrected chi connectivity index (χ3v) is 9.85. The molecule has 0 bridgehead atoms. The molecule has 3 N–H and O–H groups in total. The highest BCUT2D eigenvalue weighted by Crippen LogP contribution is 2.27. The zero-order valence-corrected chi connectivity index (χ0v) is 20.5. The van der Waals surface area contributed by atoms with Crippen LogP contribution in [0.15, 0.2) is 29.2 Å². The molecule has 0 unspecified atom stereocenters. The number of carbonyl (C=O) groups excluding carboxylic acids is 1. The van der Waals surface area contributed by atoms with Crippen LogP contribution >= 0.6 is 0 Å². The third kappa shape index (κ3) is 6.76. The minimum Gasteiger partial charge on any atom is -0.326 e. The van der Waals surface area contributed by atoms with Crippen molar-refractivity contribution in [2.45, 2.75) is 93.9 Å². The van der Waals surface area contributed by atoms with Gasteiger partial charge in [-0.1, -0.05) is 19.3 Å². The van der Waals surface area contributed by atoms with Gasteiger partial charge in [-0.05, 0) is 76.6 Å². The highest BCUT2D eigenvalue weighted by atomic mass is 32.2. The number of rotatable bonds is 8. The second-order valence-corrected chi connectivity index (χ2v) is 13.2. The quantitative estimate of drug-likeness (QED) is 0.522. The van der Waals surface area contributed by atoms with Crippen LogP contribution in [-0.2, 0) is 24.8 Å². The average molecular weight is 486 g/mol. The first-order chi connectivity index (χ1) is 15.1. The first-order valence-electron chi connectivity index (χ1n) is 11.5. The lowest BCUT2D eigenvalue weighted by Gasteiger charge is -2.28. The van der Waals surface area contributed by atoms with E-state index in [1.807, 2.05) is 0 Å². The van der Waals surface area contributed by atoms with E-state index in [-0.39, 0.29) is 28.8 Å². The highest BCUT2D eigenvalue weighted by Gasteiger charge is 2.29. The summed E-state index contributed by atoms with van der Waals surface area (Å²) in [6.45, 7) is 3.29. The van der Waals surface area contributed by atoms with E-state index >= 15 is 0 Å². The summed E-state index contributed by atoms with van der Waals surface area (Å²) < 4.78 is 54.8. The maximum Gasteiger partial charge on any atom is 0.240 e. The van der Waals surface area contributed by atoms with Crippen LogP contribution < -0.4 is 14.8 Å². The van der Waals surface area contributed by atoms with E-state index in [0.717, 1.165) is 32.1 Å². The number of anilines is 1. The predicted molar refractivity (Wildman–Crippen MR) is 125 cm³/mol. The van der Waals surface area contributed by atoms with E-state index in [2.05, 4.69) is 14.8 Å². The van der Waals surface area contributed by atoms with Gasteiger partial charge in [0.1, 0.15) is 0 Å². The zero-order valence-electron chi connectivity index (χ0n) is 18.8. The topological polar surface area (TPSA) is 121 Å². The Morgan fingerprint density at radius 1 is 0.812 bits per heavy atom. The fraction of sp³-hybridized carbons (Fsp3) is 0.682. The summed E-state index contributed by atoms with van der Waals surface area (Å²) in [6.07, 6.45) is 7.43. The van der Waals surface area contributed by atoms with Crippen LogP contribution in [0.4, 0.5) is 5.69 Å². The molecule has 0 spiro atoms. The first-order valence-corrected chi connectivity index (χ1v) is 14.5. The Kier molecular flexibility index (Phi) is 8.35. The predicted octanol–water partition coefficient (Wildman–Crippen LogP) is 3.12. The fourth-order valence-corrected chi connectivity index (χ4v) is 6.59. The maximum atomic E-state index is 12.6. The molecule has 0 saturated heterocycles. The largest absolute Gasteiger partial charge is 0.326 e. The van der Waals surface area contributed by atoms with Crippen LogP contribution in [0.25, 0.3) is 0 Å². The molecule has 2 saturated carbocycles. The minimum atomic E-state index is -3.57. The van der Waals surface area contributed by atoms with Crippen molar-refractivity contribution in [3.05, 3.63) is 24.3 Å². The van der Waals surface area contributed by atoms with Crippen LogP contribution in [0, 0.1) is 5.92 Å². The number of hydrogen-bond donors (Lipinski definition) is 3. The Balaban J connectivity index is 1.50. The van der Waals surface area contributed by atoms with Gasteiger partial charge in [0.2, 0.25) is 26.0 Å². The molecule has 0 heterocycles. The van der Waals surface area contributed by atoms with Crippen molar-refractivity contribution < 1.29 is 21.6 Å². The maximum absolute atomic E-state index is 12.6. The van der Waals surface area contributed by atoms with Gasteiger partial charge in [0, 0.05) is 23.7 Å². The van der Waals surface area contributed by atoms with Crippen molar-refractivity contribution >= 4 is 31.6 Å². The number of carbonyl (C=O) groups is 1. The van der Waals surface area contributed by atoms with Crippen molar-refractivity contribution in [1.82, 2.24) is 9.44 Å². The third-order valence-electron chi connectivity index (χ3n) is 6.41. The Labute approximate surface area is 192 Å². The monoisotopic (exact) mass is 485 g/mol. The van der Waals surface area contributed by atoms with E-state index in [0.29, 0.717) is 31.4 Å². The van der Waals surface area contributed by atoms with Crippen molar-refractivity contribution in [1.29, 1.82) is 0 Å². The van der Waals surface area contributed by atoms with Gasteiger partial charge in [-0.25, -0.2) is 26.3 Å². The van der Waals surface area contributed by atoms with Gasteiger partial charge in [0.25, 0.3) is 0 Å². The summed E-state index contributed by atoms with van der Waals surface area (Å²) in [6, 6.07) is 6.10. The molecule has 0 aromatic heterocycles. The van der Waals surface area contributed by atoms with Gasteiger partial charge in [0.15, 0.2) is 0 Å². The van der Waals surface area contributed by atoms with Crippen molar-refractivity contribution in [2.75, 3.05) is 5.32 Å². The summed E-state index contributed by atoms with van der Waals surface area (Å²) in [5, 5.41) is 2.38. The number of hydrogen-bond acceptors (Lipinski definition) is 5. The zero-order chi connectivity index (χ0) is 23.4. The highest BCUT2D eigenvalue weighted by molar-refractivity contribution is 7.90. The lowest BCUT2D eigenvalue weighted by molar-refractivity contribution is -0.120. The molecule has 8 nitrogen and oxygen atoms in total. The summed E-state index contributed by atoms with van der Waals surface area (Å²) in [5.74, 6) is -0.308. The van der Waals surface area contributed by atoms with E-state index < -0.39 is 25.3 Å². The van der Waals surface area contributed by atoms with E-state index in [9.17, 15) is 21.6 Å². The molecule has 1 aromatic carbocycles. The average Bonchev–Trinajstić information content (AvgIpc) is 2.74. The van der Waals surface area contributed by atoms with Gasteiger partial charge < -0.3 is 5.32 Å². The smallest absolute Gasteiger partial charge is 0.240 e. The molecule has 3 rings (SSSR count). The lowest BCUT2D eigenvalue weighted by Crippen LogP contribution is -2.42. The minimum absolute atomic E-state index is 0.00623. The second kappa shape index (κ2) is 10.6. The Bertz CT molecular complexity index is 977. The van der Waals surface area contributed by atoms with Crippen molar-refractivity contribution in [3.63, 3.8) is 0 Å². The molecule has 0 atom stereocenters. The summed E-state index contributed by atoms with van der Waals surface area (Å²) in [5.41, 5.74) is 0.550. The van der Waals surface area contributed by atoms with Gasteiger partial charge >= 0.3 is 0 Å². The van der Waals surface area contributed by atoms with Crippen LogP contribution in [0.3, 0.4) is 0 Å². The molecular weight excluding hydrogens is 450 g/mol. The first kappa shape index (κ1) is 25.1. The van der Waals surface area contributed by atoms with Crippen LogP contribution in [-0.4, -0.2) is 40.1 Å². The molecule has 180 valence electrons. The fourth-order valence-electron chi connectivity index (χ4n) is 4.31. The number of amides is 1. The summed E-state index contributed by atoms with van der Waals surface area (Å²) >= 11 is 0. The van der Waals surface area contributed by atoms with E-state index in [4.69, 9.17) is 0 Å². The normalized spacial score (nSPS) is 23.2. The van der Waals surface area contributed by atoms with Gasteiger partial charge in [-0.15, -0.1) is 0 Å². The Morgan fingerprint density at radius 2 is 1.38 bits per heavy atom. The molecule has 1 amide bonds. The second-order valence-electron chi connectivity index (χ2n) is 9.23. The van der Waals surface area contributed by atoms with Crippen LogP contribution in [0.2, 0.25) is 0 Å². The van der Waals surface area contributed by atoms with Gasteiger partial charge in [-0.2, -0.15) is 0 Å². The lowest BCUT2D eigenvalue weighted by atomic mass is 9.86. The Hall–Kier alpha value is -1.49. The molecule has 10 heteroatoms. The number of sulfonamides is 2. The molecule has 1 aromatic rings. The SMILES string of the molecule is CC(C)S(=O)(=O)N[C@H]1CC[C@H](C(=O)Nc2ccc(S(=O)(=O)NC3CCCCC3)cc2)CC1. The summed E-state index contributed by atoms with van der Waals surface area (Å²) in [7, 11) is -6.89. The number of benzene rings is 1. The molecule has 2 fully saturated rings. The number of nitrogens with one attached hydrogen (secondary N) is 3. The van der Waals surface area contributed by atoms with E-state index in [1.54, 1.807) is 26.0 Å². The molecule has 2 aliphatic carbocycles. The van der Waals surface area contributed by atoms with Gasteiger partial charge in [-0.3, -0.25) is 4.79 Å². The standard InChI is InChI=1S/C22H35N3O5S2/c1-16(2)31(27,28)24-20-10-8-17(9-11-20)22(26)23-18-12-14-21(15-13-18)32(29,30)25-19-6-4-3-5-7-19/h12-17,19-20,24-25H,3-11H2,1-2H3,(H,23,26)/t17-,20-. The van der Waals surface area contributed by atoms with E-state index in [1.165, 1.54) is 12.1 Å². The van der Waals surface area contributed by atoms with Crippen molar-refractivity contribution in [2.24, 2.45) is 5.92 Å². The van der Waals surface area contributed by atoms with Gasteiger partial charge in [0.05, 0.1) is 10.1 Å². The molecule has 0 radical (unpaired) electrons.